The van der Waals surface area contributed by atoms with Gasteiger partial charge in [-0.15, -0.1) is 0 Å². The fourth-order valence-electron chi connectivity index (χ4n) is 1.58. The van der Waals surface area contributed by atoms with Crippen molar-refractivity contribution in [2.24, 2.45) is 0 Å². The number of rotatable bonds is 9. The van der Waals surface area contributed by atoms with Gasteiger partial charge < -0.3 is 9.53 Å². The molecule has 0 bridgehead atoms. The normalized spacial score (nSPS) is 10.3. The molecule has 0 aliphatic carbocycles. The molecule has 0 heterocycles. The van der Waals surface area contributed by atoms with E-state index in [2.05, 4.69) is 0 Å². The molecule has 3 nitrogen and oxygen atoms in total. The average molecular weight is 248 g/mol. The number of ether oxygens (including phenoxy) is 1. The van der Waals surface area contributed by atoms with Crippen molar-refractivity contribution in [3.05, 3.63) is 35.9 Å². The van der Waals surface area contributed by atoms with E-state index in [9.17, 15) is 9.59 Å². The first-order valence-corrected chi connectivity index (χ1v) is 6.31. The fraction of sp³-hybridized carbons (Fsp3) is 0.467. The number of hydrogen-bond acceptors (Lipinski definition) is 3. The number of hydrogen-bond donors (Lipinski definition) is 0. The smallest absolute Gasteiger partial charge is 0.133 e. The topological polar surface area (TPSA) is 43.4 Å². The van der Waals surface area contributed by atoms with Crippen LogP contribution in [0.1, 0.15) is 38.2 Å². The maximum atomic E-state index is 11.4. The maximum absolute atomic E-state index is 11.4. The molecule has 1 aromatic rings. The van der Waals surface area contributed by atoms with E-state index in [-0.39, 0.29) is 11.6 Å². The molecule has 1 rings (SSSR count). The second-order valence-electron chi connectivity index (χ2n) is 4.38. The number of ketones is 2. The summed E-state index contributed by atoms with van der Waals surface area (Å²) in [5.41, 5.74) is 1.14. The molecule has 0 aliphatic rings. The lowest BCUT2D eigenvalue weighted by atomic mass is 10.1. The van der Waals surface area contributed by atoms with Gasteiger partial charge in [-0.3, -0.25) is 4.79 Å². The van der Waals surface area contributed by atoms with E-state index < -0.39 is 0 Å². The van der Waals surface area contributed by atoms with Gasteiger partial charge in [0.15, 0.2) is 0 Å². The molecule has 1 aromatic carbocycles. The van der Waals surface area contributed by atoms with Gasteiger partial charge in [0.05, 0.1) is 6.61 Å². The Morgan fingerprint density at radius 1 is 1.06 bits per heavy atom. The van der Waals surface area contributed by atoms with Gasteiger partial charge in [0, 0.05) is 25.9 Å². The zero-order chi connectivity index (χ0) is 13.2. The van der Waals surface area contributed by atoms with E-state index in [1.165, 1.54) is 6.92 Å². The van der Waals surface area contributed by atoms with Crippen LogP contribution in [0.25, 0.3) is 0 Å². The lowest BCUT2D eigenvalue weighted by Gasteiger charge is -2.04. The highest BCUT2D eigenvalue weighted by Gasteiger charge is 2.03. The third-order valence-electron chi connectivity index (χ3n) is 2.61. The highest BCUT2D eigenvalue weighted by Crippen LogP contribution is 2.03. The van der Waals surface area contributed by atoms with E-state index in [1.807, 2.05) is 30.3 Å². The van der Waals surface area contributed by atoms with Gasteiger partial charge in [-0.2, -0.15) is 0 Å². The number of carbonyl (C=O) groups is 2. The van der Waals surface area contributed by atoms with Crippen molar-refractivity contribution < 1.29 is 14.3 Å². The Bertz CT molecular complexity index is 371. The van der Waals surface area contributed by atoms with Gasteiger partial charge in [0.2, 0.25) is 0 Å². The molecule has 0 saturated heterocycles. The van der Waals surface area contributed by atoms with Crippen LogP contribution in [0.3, 0.4) is 0 Å². The summed E-state index contributed by atoms with van der Waals surface area (Å²) in [4.78, 5) is 22.1. The lowest BCUT2D eigenvalue weighted by molar-refractivity contribution is -0.123. The summed E-state index contributed by atoms with van der Waals surface area (Å²) >= 11 is 0. The lowest BCUT2D eigenvalue weighted by Crippen LogP contribution is -2.03. The van der Waals surface area contributed by atoms with Gasteiger partial charge in [-0.05, 0) is 18.9 Å². The minimum atomic E-state index is 0.0728. The van der Waals surface area contributed by atoms with Crippen molar-refractivity contribution >= 4 is 11.6 Å². The first kappa shape index (κ1) is 14.6. The molecule has 0 atom stereocenters. The molecular formula is C15H20O3. The standard InChI is InChI=1S/C15H20O3/c1-13(16)9-10-15(17)8-5-11-18-12-14-6-3-2-4-7-14/h2-4,6-7H,5,8-12H2,1H3. The van der Waals surface area contributed by atoms with Crippen molar-refractivity contribution in [3.63, 3.8) is 0 Å². The van der Waals surface area contributed by atoms with Crippen LogP contribution in [0.5, 0.6) is 0 Å². The predicted octanol–water partition coefficient (Wildman–Crippen LogP) is 2.92. The van der Waals surface area contributed by atoms with Gasteiger partial charge in [0.25, 0.3) is 0 Å². The van der Waals surface area contributed by atoms with Crippen LogP contribution in [-0.2, 0) is 20.9 Å². The first-order valence-electron chi connectivity index (χ1n) is 6.31. The van der Waals surface area contributed by atoms with E-state index in [0.29, 0.717) is 32.5 Å². The Morgan fingerprint density at radius 2 is 1.78 bits per heavy atom. The minimum absolute atomic E-state index is 0.0728. The van der Waals surface area contributed by atoms with Crippen LogP contribution in [-0.4, -0.2) is 18.2 Å². The van der Waals surface area contributed by atoms with Crippen LogP contribution in [0, 0.1) is 0 Å². The van der Waals surface area contributed by atoms with Crippen LogP contribution in [0.2, 0.25) is 0 Å². The molecule has 0 spiro atoms. The van der Waals surface area contributed by atoms with Crippen LogP contribution in [0.15, 0.2) is 30.3 Å². The zero-order valence-electron chi connectivity index (χ0n) is 10.9. The van der Waals surface area contributed by atoms with Gasteiger partial charge in [-0.25, -0.2) is 0 Å². The van der Waals surface area contributed by atoms with Crippen LogP contribution in [0.4, 0.5) is 0 Å². The molecular weight excluding hydrogens is 228 g/mol. The van der Waals surface area contributed by atoms with Crippen LogP contribution >= 0.6 is 0 Å². The van der Waals surface area contributed by atoms with Gasteiger partial charge >= 0.3 is 0 Å². The van der Waals surface area contributed by atoms with E-state index >= 15 is 0 Å². The molecule has 0 aliphatic heterocycles. The highest BCUT2D eigenvalue weighted by molar-refractivity contribution is 5.84. The third kappa shape index (κ3) is 6.97. The molecule has 3 heteroatoms. The summed E-state index contributed by atoms with van der Waals surface area (Å²) in [6.45, 7) is 2.68. The zero-order valence-corrected chi connectivity index (χ0v) is 10.9. The number of benzene rings is 1. The van der Waals surface area contributed by atoms with Crippen molar-refractivity contribution in [1.82, 2.24) is 0 Å². The minimum Gasteiger partial charge on any atom is -0.377 e. The monoisotopic (exact) mass is 248 g/mol. The molecule has 0 saturated carbocycles. The molecule has 0 radical (unpaired) electrons. The highest BCUT2D eigenvalue weighted by atomic mass is 16.5. The summed E-state index contributed by atoms with van der Waals surface area (Å²) in [6.07, 6.45) is 1.96. The second kappa shape index (κ2) is 8.59. The Kier molecular flexibility index (Phi) is 6.96. The molecule has 98 valence electrons. The number of carbonyl (C=O) groups excluding carboxylic acids is 2. The Balaban J connectivity index is 2.02. The largest absolute Gasteiger partial charge is 0.377 e. The predicted molar refractivity (Wildman–Crippen MR) is 70.3 cm³/mol. The molecule has 0 aromatic heterocycles. The van der Waals surface area contributed by atoms with Gasteiger partial charge in [-0.1, -0.05) is 30.3 Å². The summed E-state index contributed by atoms with van der Waals surface area (Å²) in [6, 6.07) is 9.95. The fourth-order valence-corrected chi connectivity index (χ4v) is 1.58. The Labute approximate surface area is 108 Å². The molecule has 0 fully saturated rings. The summed E-state index contributed by atoms with van der Waals surface area (Å²) in [5, 5.41) is 0. The molecule has 18 heavy (non-hydrogen) atoms. The van der Waals surface area contributed by atoms with Crippen molar-refractivity contribution in [2.75, 3.05) is 6.61 Å². The van der Waals surface area contributed by atoms with E-state index in [4.69, 9.17) is 4.74 Å². The first-order chi connectivity index (χ1) is 8.68. The SMILES string of the molecule is CC(=O)CCC(=O)CCCOCc1ccccc1. The molecule has 0 unspecified atom stereocenters. The van der Waals surface area contributed by atoms with E-state index in [0.717, 1.165) is 12.0 Å². The maximum Gasteiger partial charge on any atom is 0.133 e. The number of Topliss-reactive ketones (excluding diaryl/α,β-unsaturated/α-hetero) is 2. The quantitative estimate of drug-likeness (QED) is 0.631. The van der Waals surface area contributed by atoms with Crippen molar-refractivity contribution in [2.45, 2.75) is 39.2 Å². The van der Waals surface area contributed by atoms with E-state index in [1.54, 1.807) is 0 Å². The summed E-state index contributed by atoms with van der Waals surface area (Å²) in [5.74, 6) is 0.220. The third-order valence-corrected chi connectivity index (χ3v) is 2.61. The van der Waals surface area contributed by atoms with Crippen molar-refractivity contribution in [1.29, 1.82) is 0 Å². The Morgan fingerprint density at radius 3 is 2.44 bits per heavy atom. The average Bonchev–Trinajstić information content (AvgIpc) is 2.37. The molecule has 0 amide bonds. The van der Waals surface area contributed by atoms with Gasteiger partial charge in [0.1, 0.15) is 11.6 Å². The Hall–Kier alpha value is -1.48. The summed E-state index contributed by atoms with van der Waals surface area (Å²) < 4.78 is 5.48. The van der Waals surface area contributed by atoms with Crippen molar-refractivity contribution in [3.8, 4) is 0 Å². The molecule has 0 N–H and O–H groups in total. The summed E-state index contributed by atoms with van der Waals surface area (Å²) in [7, 11) is 0. The van der Waals surface area contributed by atoms with Crippen LogP contribution < -0.4 is 0 Å². The second-order valence-corrected chi connectivity index (χ2v) is 4.38.